The summed E-state index contributed by atoms with van der Waals surface area (Å²) in [5, 5.41) is 3.52. The van der Waals surface area contributed by atoms with Gasteiger partial charge in [0.05, 0.1) is 6.61 Å². The highest BCUT2D eigenvalue weighted by molar-refractivity contribution is 4.78. The molecule has 1 fully saturated rings. The van der Waals surface area contributed by atoms with Gasteiger partial charge in [0.1, 0.15) is 0 Å². The Morgan fingerprint density at radius 1 is 1.32 bits per heavy atom. The van der Waals surface area contributed by atoms with Gasteiger partial charge < -0.3 is 10.1 Å². The summed E-state index contributed by atoms with van der Waals surface area (Å²) in [6.07, 6.45) is 11.3. The number of nitrogens with zero attached hydrogens (tertiary/aromatic N) is 1. The number of hydrogen-bond acceptors (Lipinski definition) is 3. The van der Waals surface area contributed by atoms with Gasteiger partial charge in [-0.25, -0.2) is 0 Å². The van der Waals surface area contributed by atoms with E-state index < -0.39 is 0 Å². The van der Waals surface area contributed by atoms with E-state index in [4.69, 9.17) is 4.74 Å². The fraction of sp³-hybridized carbons (Fsp3) is 0.875. The topological polar surface area (TPSA) is 24.5 Å². The van der Waals surface area contributed by atoms with Gasteiger partial charge in [-0.2, -0.15) is 0 Å². The highest BCUT2D eigenvalue weighted by Gasteiger charge is 2.21. The van der Waals surface area contributed by atoms with Crippen molar-refractivity contribution in [1.82, 2.24) is 10.2 Å². The number of allylic oxidation sites excluding steroid dienone is 1. The van der Waals surface area contributed by atoms with E-state index in [2.05, 4.69) is 16.8 Å². The molecule has 19 heavy (non-hydrogen) atoms. The Kier molecular flexibility index (Phi) is 10.0. The van der Waals surface area contributed by atoms with Crippen LogP contribution in [0.2, 0.25) is 0 Å². The number of nitrogens with one attached hydrogen (secondary N) is 1. The lowest BCUT2D eigenvalue weighted by Gasteiger charge is -2.36. The van der Waals surface area contributed by atoms with Crippen LogP contribution in [0, 0.1) is 0 Å². The van der Waals surface area contributed by atoms with Gasteiger partial charge in [-0.1, -0.05) is 18.9 Å². The fourth-order valence-corrected chi connectivity index (χ4v) is 2.81. The quantitative estimate of drug-likeness (QED) is 0.461. The molecule has 0 aromatic heterocycles. The Labute approximate surface area is 119 Å². The monoisotopic (exact) mass is 268 g/mol. The number of hydrogen-bond donors (Lipinski definition) is 1. The molecule has 3 nitrogen and oxygen atoms in total. The summed E-state index contributed by atoms with van der Waals surface area (Å²) in [6, 6.07) is 0.741. The molecule has 112 valence electrons. The zero-order valence-electron chi connectivity index (χ0n) is 12.7. The molecule has 0 bridgehead atoms. The molecule has 1 rings (SSSR count). The Balaban J connectivity index is 2.14. The Bertz CT molecular complexity index is 221. The third kappa shape index (κ3) is 7.71. The number of ether oxygens (including phenoxy) is 1. The molecule has 0 aromatic carbocycles. The number of piperidine rings is 1. The van der Waals surface area contributed by atoms with Crippen LogP contribution in [0.3, 0.4) is 0 Å². The van der Waals surface area contributed by atoms with Crippen LogP contribution < -0.4 is 5.32 Å². The lowest BCUT2D eigenvalue weighted by atomic mass is 10.0. The number of unbranched alkanes of at least 4 members (excludes halogenated alkanes) is 3. The molecule has 0 spiro atoms. The molecule has 1 heterocycles. The van der Waals surface area contributed by atoms with Crippen LogP contribution in [0.25, 0.3) is 0 Å². The van der Waals surface area contributed by atoms with Crippen LogP contribution in [0.4, 0.5) is 0 Å². The van der Waals surface area contributed by atoms with Gasteiger partial charge in [0.15, 0.2) is 0 Å². The molecule has 3 heteroatoms. The van der Waals surface area contributed by atoms with Crippen LogP contribution in [0.1, 0.15) is 44.9 Å². The van der Waals surface area contributed by atoms with E-state index in [1.807, 2.05) is 6.08 Å². The van der Waals surface area contributed by atoms with Crippen molar-refractivity contribution < 1.29 is 4.74 Å². The van der Waals surface area contributed by atoms with E-state index in [0.29, 0.717) is 0 Å². The maximum Gasteiger partial charge on any atom is 0.0587 e. The summed E-state index contributed by atoms with van der Waals surface area (Å²) in [4.78, 5) is 2.69. The van der Waals surface area contributed by atoms with E-state index in [9.17, 15) is 0 Å². The molecule has 0 amide bonds. The van der Waals surface area contributed by atoms with Crippen molar-refractivity contribution in [3.63, 3.8) is 0 Å². The molecule has 0 aliphatic carbocycles. The first-order chi connectivity index (χ1) is 9.38. The minimum Gasteiger partial charge on any atom is -0.383 e. The van der Waals surface area contributed by atoms with Crippen LogP contribution in [-0.2, 0) is 4.74 Å². The second kappa shape index (κ2) is 11.4. The predicted octanol–water partition coefficient (Wildman–Crippen LogP) is 2.82. The first kappa shape index (κ1) is 16.7. The van der Waals surface area contributed by atoms with Crippen LogP contribution >= 0.6 is 0 Å². The van der Waals surface area contributed by atoms with Crippen molar-refractivity contribution in [3.05, 3.63) is 12.7 Å². The maximum atomic E-state index is 5.08. The molecular weight excluding hydrogens is 236 g/mol. The third-order valence-corrected chi connectivity index (χ3v) is 3.97. The number of rotatable bonds is 11. The van der Waals surface area contributed by atoms with Crippen molar-refractivity contribution in [3.8, 4) is 0 Å². The van der Waals surface area contributed by atoms with Gasteiger partial charge in [-0.15, -0.1) is 6.58 Å². The maximum absolute atomic E-state index is 5.08. The minimum atomic E-state index is 0.741. The molecule has 1 aliphatic rings. The average molecular weight is 268 g/mol. The highest BCUT2D eigenvalue weighted by Crippen LogP contribution is 2.17. The molecule has 1 atom stereocenters. The summed E-state index contributed by atoms with van der Waals surface area (Å²) in [5.41, 5.74) is 0. The predicted molar refractivity (Wildman–Crippen MR) is 82.6 cm³/mol. The summed E-state index contributed by atoms with van der Waals surface area (Å²) in [6.45, 7) is 9.25. The van der Waals surface area contributed by atoms with Gasteiger partial charge >= 0.3 is 0 Å². The van der Waals surface area contributed by atoms with Crippen molar-refractivity contribution in [2.75, 3.05) is 39.9 Å². The normalized spacial score (nSPS) is 20.6. The van der Waals surface area contributed by atoms with E-state index in [-0.39, 0.29) is 0 Å². The molecule has 1 N–H and O–H groups in total. The molecule has 0 radical (unpaired) electrons. The molecule has 0 aromatic rings. The molecule has 0 saturated carbocycles. The lowest BCUT2D eigenvalue weighted by Crippen LogP contribution is -2.46. The zero-order chi connectivity index (χ0) is 13.8. The van der Waals surface area contributed by atoms with Gasteiger partial charge in [0.2, 0.25) is 0 Å². The Morgan fingerprint density at radius 3 is 3.00 bits per heavy atom. The smallest absolute Gasteiger partial charge is 0.0587 e. The average Bonchev–Trinajstić information content (AvgIpc) is 2.45. The first-order valence-electron chi connectivity index (χ1n) is 7.93. The van der Waals surface area contributed by atoms with Crippen molar-refractivity contribution in [2.45, 2.75) is 51.0 Å². The lowest BCUT2D eigenvalue weighted by molar-refractivity contribution is 0.138. The highest BCUT2D eigenvalue weighted by atomic mass is 16.5. The standard InChI is InChI=1S/C16H32N2O/c1-3-4-5-6-8-12-18-13-9-7-10-16(18)15-17-11-14-19-2/h3,16-17H,1,4-15H2,2H3. The van der Waals surface area contributed by atoms with Gasteiger partial charge in [0, 0.05) is 26.2 Å². The van der Waals surface area contributed by atoms with Crippen LogP contribution in [0.5, 0.6) is 0 Å². The minimum absolute atomic E-state index is 0.741. The second-order valence-corrected chi connectivity index (χ2v) is 5.52. The zero-order valence-corrected chi connectivity index (χ0v) is 12.7. The van der Waals surface area contributed by atoms with E-state index in [1.54, 1.807) is 7.11 Å². The summed E-state index contributed by atoms with van der Waals surface area (Å²) < 4.78 is 5.08. The van der Waals surface area contributed by atoms with Crippen LogP contribution in [0.15, 0.2) is 12.7 Å². The third-order valence-electron chi connectivity index (χ3n) is 3.97. The van der Waals surface area contributed by atoms with Gasteiger partial charge in [0.25, 0.3) is 0 Å². The molecular formula is C16H32N2O. The number of methoxy groups -OCH3 is 1. The van der Waals surface area contributed by atoms with Crippen molar-refractivity contribution >= 4 is 0 Å². The Hall–Kier alpha value is -0.380. The molecule has 1 saturated heterocycles. The second-order valence-electron chi connectivity index (χ2n) is 5.52. The molecule has 1 unspecified atom stereocenters. The van der Waals surface area contributed by atoms with Gasteiger partial charge in [-0.05, 0) is 45.2 Å². The summed E-state index contributed by atoms with van der Waals surface area (Å²) in [5.74, 6) is 0. The first-order valence-corrected chi connectivity index (χ1v) is 7.93. The van der Waals surface area contributed by atoms with Crippen molar-refractivity contribution in [2.24, 2.45) is 0 Å². The summed E-state index contributed by atoms with van der Waals surface area (Å²) >= 11 is 0. The van der Waals surface area contributed by atoms with E-state index >= 15 is 0 Å². The molecule has 1 aliphatic heterocycles. The largest absolute Gasteiger partial charge is 0.383 e. The van der Waals surface area contributed by atoms with E-state index in [1.165, 1.54) is 58.0 Å². The van der Waals surface area contributed by atoms with E-state index in [0.717, 1.165) is 25.7 Å². The number of likely N-dealkylation sites (tertiary alicyclic amines) is 1. The van der Waals surface area contributed by atoms with Gasteiger partial charge in [-0.3, -0.25) is 4.90 Å². The van der Waals surface area contributed by atoms with Crippen LogP contribution in [-0.4, -0.2) is 50.8 Å². The fourth-order valence-electron chi connectivity index (χ4n) is 2.81. The Morgan fingerprint density at radius 2 is 2.21 bits per heavy atom. The summed E-state index contributed by atoms with van der Waals surface area (Å²) in [7, 11) is 1.76. The van der Waals surface area contributed by atoms with Crippen molar-refractivity contribution in [1.29, 1.82) is 0 Å². The SMILES string of the molecule is C=CCCCCCN1CCCCC1CNCCOC.